The highest BCUT2D eigenvalue weighted by Crippen LogP contribution is 2.18. The van der Waals surface area contributed by atoms with Crippen LogP contribution in [0.2, 0.25) is 0 Å². The van der Waals surface area contributed by atoms with E-state index in [1.165, 1.54) is 5.56 Å². The second-order valence-corrected chi connectivity index (χ2v) is 4.43. The number of pyridine rings is 1. The van der Waals surface area contributed by atoms with E-state index in [-0.39, 0.29) is 6.10 Å². The number of benzene rings is 1. The number of anilines is 1. The van der Waals surface area contributed by atoms with Crippen molar-refractivity contribution in [3.05, 3.63) is 59.9 Å². The summed E-state index contributed by atoms with van der Waals surface area (Å²) in [6.07, 6.45) is 1.88. The van der Waals surface area contributed by atoms with E-state index in [9.17, 15) is 0 Å². The van der Waals surface area contributed by atoms with E-state index < -0.39 is 0 Å². The van der Waals surface area contributed by atoms with Crippen LogP contribution < -0.4 is 5.32 Å². The van der Waals surface area contributed by atoms with Crippen LogP contribution in [-0.2, 0) is 11.3 Å². The van der Waals surface area contributed by atoms with E-state index in [0.29, 0.717) is 6.61 Å². The fraction of sp³-hybridized carbons (Fsp3) is 0.312. The fourth-order valence-electron chi connectivity index (χ4n) is 1.90. The topological polar surface area (TPSA) is 34.2 Å². The normalized spacial score (nSPS) is 12.1. The summed E-state index contributed by atoms with van der Waals surface area (Å²) < 4.78 is 5.86. The van der Waals surface area contributed by atoms with Crippen LogP contribution in [0.25, 0.3) is 0 Å². The van der Waals surface area contributed by atoms with Crippen molar-refractivity contribution in [2.24, 2.45) is 0 Å². The maximum Gasteiger partial charge on any atom is 0.0896 e. The van der Waals surface area contributed by atoms with Crippen LogP contribution in [0.4, 0.5) is 5.69 Å². The van der Waals surface area contributed by atoms with Gasteiger partial charge in [0, 0.05) is 18.4 Å². The molecular weight excluding hydrogens is 236 g/mol. The van der Waals surface area contributed by atoms with E-state index in [1.807, 2.05) is 36.5 Å². The maximum absolute atomic E-state index is 5.86. The standard InChI is InChI=1S/C16H20N2O/c1-3-17-15-9-10-18-16(11-15)12-19-13(2)14-7-5-4-6-8-14/h4-11,13H,3,12H2,1-2H3,(H,17,18). The van der Waals surface area contributed by atoms with Crippen molar-refractivity contribution in [1.82, 2.24) is 4.98 Å². The van der Waals surface area contributed by atoms with Crippen molar-refractivity contribution in [1.29, 1.82) is 0 Å². The Morgan fingerprint density at radius 1 is 1.21 bits per heavy atom. The minimum Gasteiger partial charge on any atom is -0.385 e. The van der Waals surface area contributed by atoms with Crippen molar-refractivity contribution in [3.63, 3.8) is 0 Å². The van der Waals surface area contributed by atoms with Crippen molar-refractivity contribution in [2.45, 2.75) is 26.6 Å². The highest BCUT2D eigenvalue weighted by molar-refractivity contribution is 5.42. The van der Waals surface area contributed by atoms with Crippen LogP contribution in [0.5, 0.6) is 0 Å². The molecule has 0 saturated carbocycles. The first-order valence-corrected chi connectivity index (χ1v) is 6.65. The van der Waals surface area contributed by atoms with E-state index in [2.05, 4.69) is 36.3 Å². The van der Waals surface area contributed by atoms with E-state index in [0.717, 1.165) is 17.9 Å². The Balaban J connectivity index is 1.93. The fourth-order valence-corrected chi connectivity index (χ4v) is 1.90. The van der Waals surface area contributed by atoms with Gasteiger partial charge < -0.3 is 10.1 Å². The highest BCUT2D eigenvalue weighted by atomic mass is 16.5. The lowest BCUT2D eigenvalue weighted by molar-refractivity contribution is 0.0505. The van der Waals surface area contributed by atoms with E-state index >= 15 is 0 Å². The smallest absolute Gasteiger partial charge is 0.0896 e. The average molecular weight is 256 g/mol. The molecule has 2 aromatic rings. The molecule has 0 spiro atoms. The van der Waals surface area contributed by atoms with Crippen LogP contribution >= 0.6 is 0 Å². The molecule has 1 atom stereocenters. The van der Waals surface area contributed by atoms with Crippen LogP contribution in [-0.4, -0.2) is 11.5 Å². The third-order valence-electron chi connectivity index (χ3n) is 2.95. The van der Waals surface area contributed by atoms with Crippen LogP contribution in [0, 0.1) is 0 Å². The van der Waals surface area contributed by atoms with Crippen molar-refractivity contribution in [2.75, 3.05) is 11.9 Å². The molecule has 0 aliphatic carbocycles. The number of nitrogens with zero attached hydrogens (tertiary/aromatic N) is 1. The molecule has 1 aromatic heterocycles. The van der Waals surface area contributed by atoms with Gasteiger partial charge in [-0.15, -0.1) is 0 Å². The zero-order valence-corrected chi connectivity index (χ0v) is 11.5. The third kappa shape index (κ3) is 4.07. The molecule has 2 rings (SSSR count). The summed E-state index contributed by atoms with van der Waals surface area (Å²) in [5.74, 6) is 0. The number of aromatic nitrogens is 1. The second kappa shape index (κ2) is 6.90. The molecule has 0 radical (unpaired) electrons. The molecule has 1 aromatic carbocycles. The Hall–Kier alpha value is -1.87. The highest BCUT2D eigenvalue weighted by Gasteiger charge is 2.06. The molecule has 0 bridgehead atoms. The van der Waals surface area contributed by atoms with Gasteiger partial charge in [-0.3, -0.25) is 4.98 Å². The summed E-state index contributed by atoms with van der Waals surface area (Å²) in [7, 11) is 0. The monoisotopic (exact) mass is 256 g/mol. The molecule has 0 saturated heterocycles. The second-order valence-electron chi connectivity index (χ2n) is 4.43. The van der Waals surface area contributed by atoms with Gasteiger partial charge in [0.2, 0.25) is 0 Å². The first-order chi connectivity index (χ1) is 9.29. The molecule has 100 valence electrons. The van der Waals surface area contributed by atoms with Crippen LogP contribution in [0.15, 0.2) is 48.7 Å². The Morgan fingerprint density at radius 2 is 2.00 bits per heavy atom. The molecule has 0 amide bonds. The first-order valence-electron chi connectivity index (χ1n) is 6.65. The Labute approximate surface area is 114 Å². The lowest BCUT2D eigenvalue weighted by atomic mass is 10.1. The van der Waals surface area contributed by atoms with Crippen LogP contribution in [0.3, 0.4) is 0 Å². The van der Waals surface area contributed by atoms with Crippen molar-refractivity contribution < 1.29 is 4.74 Å². The molecule has 1 unspecified atom stereocenters. The quantitative estimate of drug-likeness (QED) is 0.853. The van der Waals surface area contributed by atoms with Crippen molar-refractivity contribution >= 4 is 5.69 Å². The van der Waals surface area contributed by atoms with Crippen molar-refractivity contribution in [3.8, 4) is 0 Å². The van der Waals surface area contributed by atoms with E-state index in [4.69, 9.17) is 4.74 Å². The number of nitrogens with one attached hydrogen (secondary N) is 1. The predicted molar refractivity (Wildman–Crippen MR) is 78.0 cm³/mol. The van der Waals surface area contributed by atoms with Gasteiger partial charge in [0.25, 0.3) is 0 Å². The number of rotatable bonds is 6. The third-order valence-corrected chi connectivity index (χ3v) is 2.95. The zero-order chi connectivity index (χ0) is 13.5. The number of hydrogen-bond acceptors (Lipinski definition) is 3. The molecule has 0 fully saturated rings. The molecule has 19 heavy (non-hydrogen) atoms. The van der Waals surface area contributed by atoms with Gasteiger partial charge in [-0.05, 0) is 31.5 Å². The Morgan fingerprint density at radius 3 is 2.74 bits per heavy atom. The first kappa shape index (κ1) is 13.6. The molecule has 3 heteroatoms. The molecular formula is C16H20N2O. The minimum absolute atomic E-state index is 0.0748. The minimum atomic E-state index is 0.0748. The zero-order valence-electron chi connectivity index (χ0n) is 11.5. The van der Waals surface area contributed by atoms with Gasteiger partial charge in [0.05, 0.1) is 18.4 Å². The molecule has 0 aliphatic heterocycles. The van der Waals surface area contributed by atoms with Gasteiger partial charge in [0.1, 0.15) is 0 Å². The number of ether oxygens (including phenoxy) is 1. The summed E-state index contributed by atoms with van der Waals surface area (Å²) in [5.41, 5.74) is 3.22. The number of hydrogen-bond donors (Lipinski definition) is 1. The summed E-state index contributed by atoms with van der Waals surface area (Å²) in [5, 5.41) is 3.27. The maximum atomic E-state index is 5.86. The predicted octanol–water partition coefficient (Wildman–Crippen LogP) is 3.79. The van der Waals surface area contributed by atoms with E-state index in [1.54, 1.807) is 0 Å². The molecule has 3 nitrogen and oxygen atoms in total. The van der Waals surface area contributed by atoms with Gasteiger partial charge in [-0.1, -0.05) is 30.3 Å². The van der Waals surface area contributed by atoms with Crippen LogP contribution in [0.1, 0.15) is 31.2 Å². The van der Waals surface area contributed by atoms with Gasteiger partial charge in [-0.2, -0.15) is 0 Å². The van der Waals surface area contributed by atoms with Gasteiger partial charge in [-0.25, -0.2) is 0 Å². The van der Waals surface area contributed by atoms with Gasteiger partial charge in [0.15, 0.2) is 0 Å². The Bertz CT molecular complexity index is 499. The molecule has 1 heterocycles. The van der Waals surface area contributed by atoms with Gasteiger partial charge >= 0.3 is 0 Å². The Kier molecular flexibility index (Phi) is 4.93. The average Bonchev–Trinajstić information content (AvgIpc) is 2.46. The summed E-state index contributed by atoms with van der Waals surface area (Å²) >= 11 is 0. The SMILES string of the molecule is CCNc1ccnc(COC(C)c2ccccc2)c1. The summed E-state index contributed by atoms with van der Waals surface area (Å²) in [4.78, 5) is 4.32. The molecule has 1 N–H and O–H groups in total. The lowest BCUT2D eigenvalue weighted by Crippen LogP contribution is -2.03. The lowest BCUT2D eigenvalue weighted by Gasteiger charge is -2.13. The summed E-state index contributed by atoms with van der Waals surface area (Å²) in [6, 6.07) is 14.2. The molecule has 0 aliphatic rings. The largest absolute Gasteiger partial charge is 0.385 e. The summed E-state index contributed by atoms with van der Waals surface area (Å²) in [6.45, 7) is 5.57.